The third-order valence-corrected chi connectivity index (χ3v) is 3.10. The molecule has 1 aliphatic rings. The number of amides is 1. The average molecular weight is 257 g/mol. The number of ether oxygens (including phenoxy) is 1. The van der Waals surface area contributed by atoms with Crippen molar-refractivity contribution in [3.8, 4) is 0 Å². The second-order valence-electron chi connectivity index (χ2n) is 4.70. The molecule has 0 radical (unpaired) electrons. The lowest BCUT2D eigenvalue weighted by Gasteiger charge is -2.33. The van der Waals surface area contributed by atoms with Gasteiger partial charge in [-0.25, -0.2) is 0 Å². The van der Waals surface area contributed by atoms with Crippen molar-refractivity contribution >= 4 is 5.91 Å². The van der Waals surface area contributed by atoms with Crippen LogP contribution in [0.25, 0.3) is 0 Å². The van der Waals surface area contributed by atoms with Crippen molar-refractivity contribution in [2.24, 2.45) is 0 Å². The summed E-state index contributed by atoms with van der Waals surface area (Å²) in [4.78, 5) is 13.6. The first-order valence-corrected chi connectivity index (χ1v) is 7.07. The van der Waals surface area contributed by atoms with Crippen LogP contribution in [0.3, 0.4) is 0 Å². The van der Waals surface area contributed by atoms with Crippen LogP contribution in [0.5, 0.6) is 0 Å². The van der Waals surface area contributed by atoms with Gasteiger partial charge in [0.25, 0.3) is 0 Å². The van der Waals surface area contributed by atoms with E-state index < -0.39 is 0 Å². The highest BCUT2D eigenvalue weighted by atomic mass is 16.5. The number of nitrogens with zero attached hydrogens (tertiary/aromatic N) is 1. The van der Waals surface area contributed by atoms with Crippen molar-refractivity contribution in [1.29, 1.82) is 0 Å². The zero-order valence-corrected chi connectivity index (χ0v) is 11.7. The normalized spacial score (nSPS) is 20.9. The van der Waals surface area contributed by atoms with Gasteiger partial charge in [-0.2, -0.15) is 0 Å². The van der Waals surface area contributed by atoms with Crippen molar-refractivity contribution in [3.63, 3.8) is 0 Å². The molecule has 5 nitrogen and oxygen atoms in total. The predicted molar refractivity (Wildman–Crippen MR) is 72.6 cm³/mol. The summed E-state index contributed by atoms with van der Waals surface area (Å²) in [7, 11) is 0. The molecule has 1 fully saturated rings. The number of rotatable bonds is 8. The molecule has 0 aliphatic carbocycles. The minimum absolute atomic E-state index is 0.0975. The Hall–Kier alpha value is -0.650. The molecule has 0 bridgehead atoms. The number of hydrogen-bond donors (Lipinski definition) is 2. The minimum Gasteiger partial charge on any atom is -0.374 e. The summed E-state index contributed by atoms with van der Waals surface area (Å²) in [6, 6.07) is 0. The molecular weight excluding hydrogens is 230 g/mol. The quantitative estimate of drug-likeness (QED) is 0.611. The summed E-state index contributed by atoms with van der Waals surface area (Å²) in [5.41, 5.74) is 0. The Kier molecular flexibility index (Phi) is 7.96. The van der Waals surface area contributed by atoms with E-state index in [-0.39, 0.29) is 12.0 Å². The van der Waals surface area contributed by atoms with Gasteiger partial charge in [0.2, 0.25) is 5.91 Å². The van der Waals surface area contributed by atoms with Crippen LogP contribution in [0, 0.1) is 0 Å². The molecule has 18 heavy (non-hydrogen) atoms. The Bertz CT molecular complexity index is 236. The van der Waals surface area contributed by atoms with Gasteiger partial charge in [0.15, 0.2) is 0 Å². The first kappa shape index (κ1) is 15.4. The zero-order valence-electron chi connectivity index (χ0n) is 11.7. The fourth-order valence-electron chi connectivity index (χ4n) is 2.00. The number of carbonyl (C=O) groups is 1. The van der Waals surface area contributed by atoms with Crippen LogP contribution < -0.4 is 10.6 Å². The molecule has 0 aromatic rings. The van der Waals surface area contributed by atoms with Gasteiger partial charge in [-0.15, -0.1) is 0 Å². The van der Waals surface area contributed by atoms with E-state index in [4.69, 9.17) is 4.74 Å². The molecule has 1 atom stereocenters. The van der Waals surface area contributed by atoms with Crippen LogP contribution in [0.1, 0.15) is 26.7 Å². The lowest BCUT2D eigenvalue weighted by molar-refractivity contribution is -0.122. The molecule has 0 spiro atoms. The summed E-state index contributed by atoms with van der Waals surface area (Å²) < 4.78 is 5.65. The van der Waals surface area contributed by atoms with Crippen molar-refractivity contribution in [2.75, 3.05) is 45.9 Å². The van der Waals surface area contributed by atoms with Gasteiger partial charge in [0, 0.05) is 39.1 Å². The van der Waals surface area contributed by atoms with Crippen molar-refractivity contribution in [2.45, 2.75) is 32.8 Å². The minimum atomic E-state index is 0.0975. The number of nitrogens with one attached hydrogen (secondary N) is 2. The van der Waals surface area contributed by atoms with E-state index >= 15 is 0 Å². The number of carbonyl (C=O) groups excluding carboxylic acids is 1. The van der Waals surface area contributed by atoms with Gasteiger partial charge in [-0.3, -0.25) is 9.69 Å². The van der Waals surface area contributed by atoms with Gasteiger partial charge >= 0.3 is 0 Å². The van der Waals surface area contributed by atoms with E-state index in [1.54, 1.807) is 0 Å². The predicted octanol–water partition coefficient (Wildman–Crippen LogP) is 0.213. The monoisotopic (exact) mass is 257 g/mol. The highest BCUT2D eigenvalue weighted by Gasteiger charge is 2.20. The maximum absolute atomic E-state index is 11.2. The van der Waals surface area contributed by atoms with Crippen LogP contribution in [0.4, 0.5) is 0 Å². The summed E-state index contributed by atoms with van der Waals surface area (Å²) in [6.07, 6.45) is 1.85. The smallest absolute Gasteiger partial charge is 0.219 e. The van der Waals surface area contributed by atoms with E-state index in [0.717, 1.165) is 39.3 Å². The molecule has 1 saturated heterocycles. The third kappa shape index (κ3) is 6.33. The van der Waals surface area contributed by atoms with E-state index in [9.17, 15) is 4.79 Å². The molecule has 1 heterocycles. The van der Waals surface area contributed by atoms with Crippen LogP contribution in [-0.2, 0) is 9.53 Å². The van der Waals surface area contributed by atoms with Crippen molar-refractivity contribution in [3.05, 3.63) is 0 Å². The Morgan fingerprint density at radius 1 is 1.39 bits per heavy atom. The Morgan fingerprint density at radius 3 is 2.94 bits per heavy atom. The topological polar surface area (TPSA) is 53.6 Å². The molecule has 5 heteroatoms. The van der Waals surface area contributed by atoms with E-state index in [1.165, 1.54) is 6.42 Å². The highest BCUT2D eigenvalue weighted by Crippen LogP contribution is 2.03. The Labute approximate surface area is 110 Å². The maximum atomic E-state index is 11.2. The molecule has 1 rings (SSSR count). The highest BCUT2D eigenvalue weighted by molar-refractivity contribution is 5.75. The SMILES string of the molecule is CCCNCCN1CCO[C@@H](CNC(=O)CC)C1. The average Bonchev–Trinajstić information content (AvgIpc) is 2.41. The molecule has 0 aromatic heterocycles. The molecular formula is C13H27N3O2. The van der Waals surface area contributed by atoms with Crippen LogP contribution >= 0.6 is 0 Å². The Balaban J connectivity index is 2.13. The Morgan fingerprint density at radius 2 is 2.22 bits per heavy atom. The summed E-state index contributed by atoms with van der Waals surface area (Å²) in [5.74, 6) is 0.0975. The summed E-state index contributed by atoms with van der Waals surface area (Å²) in [6.45, 7) is 10.5. The van der Waals surface area contributed by atoms with Crippen LogP contribution in [-0.4, -0.2) is 62.8 Å². The van der Waals surface area contributed by atoms with E-state index in [1.807, 2.05) is 6.92 Å². The fourth-order valence-corrected chi connectivity index (χ4v) is 2.00. The summed E-state index contributed by atoms with van der Waals surface area (Å²) in [5, 5.41) is 6.30. The molecule has 2 N–H and O–H groups in total. The maximum Gasteiger partial charge on any atom is 0.219 e. The number of morpholine rings is 1. The molecule has 0 saturated carbocycles. The van der Waals surface area contributed by atoms with Crippen LogP contribution in [0.2, 0.25) is 0 Å². The van der Waals surface area contributed by atoms with Gasteiger partial charge in [-0.1, -0.05) is 13.8 Å². The first-order valence-electron chi connectivity index (χ1n) is 7.07. The van der Waals surface area contributed by atoms with Crippen LogP contribution in [0.15, 0.2) is 0 Å². The van der Waals surface area contributed by atoms with E-state index in [2.05, 4.69) is 22.5 Å². The molecule has 106 valence electrons. The molecule has 1 aliphatic heterocycles. The third-order valence-electron chi connectivity index (χ3n) is 3.10. The molecule has 0 aromatic carbocycles. The molecule has 1 amide bonds. The van der Waals surface area contributed by atoms with E-state index in [0.29, 0.717) is 13.0 Å². The standard InChI is InChI=1S/C13H27N3O2/c1-3-5-14-6-7-16-8-9-18-12(11-16)10-15-13(17)4-2/h12,14H,3-11H2,1-2H3,(H,15,17)/t12-/m0/s1. The van der Waals surface area contributed by atoms with Gasteiger partial charge in [-0.05, 0) is 13.0 Å². The first-order chi connectivity index (χ1) is 8.76. The zero-order chi connectivity index (χ0) is 13.2. The largest absolute Gasteiger partial charge is 0.374 e. The second kappa shape index (κ2) is 9.30. The van der Waals surface area contributed by atoms with Gasteiger partial charge in [0.1, 0.15) is 0 Å². The lowest BCUT2D eigenvalue weighted by Crippen LogP contribution is -2.49. The summed E-state index contributed by atoms with van der Waals surface area (Å²) >= 11 is 0. The fraction of sp³-hybridized carbons (Fsp3) is 0.923. The van der Waals surface area contributed by atoms with Crippen molar-refractivity contribution in [1.82, 2.24) is 15.5 Å². The number of hydrogen-bond acceptors (Lipinski definition) is 4. The van der Waals surface area contributed by atoms with Crippen molar-refractivity contribution < 1.29 is 9.53 Å². The second-order valence-corrected chi connectivity index (χ2v) is 4.70. The van der Waals surface area contributed by atoms with Gasteiger partial charge < -0.3 is 15.4 Å². The lowest BCUT2D eigenvalue weighted by atomic mass is 10.2. The molecule has 0 unspecified atom stereocenters. The van der Waals surface area contributed by atoms with Gasteiger partial charge in [0.05, 0.1) is 12.7 Å².